The summed E-state index contributed by atoms with van der Waals surface area (Å²) in [5.74, 6) is 0.576. The molecule has 0 radical (unpaired) electrons. The van der Waals surface area contributed by atoms with Crippen molar-refractivity contribution in [3.63, 3.8) is 0 Å². The van der Waals surface area contributed by atoms with Crippen LogP contribution in [0, 0.1) is 0 Å². The first-order valence-electron chi connectivity index (χ1n) is 5.80. The van der Waals surface area contributed by atoms with Crippen LogP contribution in [0.3, 0.4) is 0 Å². The van der Waals surface area contributed by atoms with Crippen LogP contribution in [-0.4, -0.2) is 35.4 Å². The summed E-state index contributed by atoms with van der Waals surface area (Å²) in [5, 5.41) is 7.57. The van der Waals surface area contributed by atoms with Crippen LogP contribution in [0.15, 0.2) is 24.4 Å². The van der Waals surface area contributed by atoms with Crippen LogP contribution >= 0.6 is 0 Å². The summed E-state index contributed by atoms with van der Waals surface area (Å²) in [7, 11) is 1.64. The number of amides is 1. The quantitative estimate of drug-likeness (QED) is 0.836. The zero-order valence-electron chi connectivity index (χ0n) is 11.7. The number of aromatic nitrogens is 1. The standard InChI is InChI=1S/C11H16N2O2.C2H6O/c1-11(2,3)15-10(14)13(4)9-7-5-6-8-12-9;1-2-3/h5-8H,1-4H3;3H,2H2,1H3. The molecule has 18 heavy (non-hydrogen) atoms. The second-order valence-electron chi connectivity index (χ2n) is 4.54. The van der Waals surface area contributed by atoms with E-state index in [2.05, 4.69) is 4.98 Å². The monoisotopic (exact) mass is 254 g/mol. The third-order valence-corrected chi connectivity index (χ3v) is 1.66. The van der Waals surface area contributed by atoms with Gasteiger partial charge in [0, 0.05) is 19.9 Å². The minimum atomic E-state index is -0.486. The van der Waals surface area contributed by atoms with Gasteiger partial charge < -0.3 is 9.84 Å². The molecule has 1 aromatic heterocycles. The summed E-state index contributed by atoms with van der Waals surface area (Å²) in [5.41, 5.74) is -0.486. The second-order valence-corrected chi connectivity index (χ2v) is 4.54. The molecule has 1 heterocycles. The molecule has 0 aliphatic rings. The number of nitrogens with zero attached hydrogens (tertiary/aromatic N) is 2. The molecule has 0 aliphatic carbocycles. The molecule has 1 amide bonds. The van der Waals surface area contributed by atoms with Gasteiger partial charge in [0.15, 0.2) is 0 Å². The second kappa shape index (κ2) is 7.66. The first-order chi connectivity index (χ1) is 8.31. The number of aliphatic hydroxyl groups excluding tert-OH is 1. The number of carbonyl (C=O) groups is 1. The van der Waals surface area contributed by atoms with E-state index in [0.717, 1.165) is 0 Å². The zero-order chi connectivity index (χ0) is 14.2. The lowest BCUT2D eigenvalue weighted by molar-refractivity contribution is 0.0588. The Morgan fingerprint density at radius 1 is 1.44 bits per heavy atom. The van der Waals surface area contributed by atoms with Crippen molar-refractivity contribution in [3.8, 4) is 0 Å². The van der Waals surface area contributed by atoms with Crippen LogP contribution in [-0.2, 0) is 4.74 Å². The lowest BCUT2D eigenvalue weighted by Gasteiger charge is -2.23. The van der Waals surface area contributed by atoms with Gasteiger partial charge in [0.25, 0.3) is 0 Å². The first kappa shape index (κ1) is 16.4. The Labute approximate surface area is 108 Å². The van der Waals surface area contributed by atoms with Gasteiger partial charge in [-0.15, -0.1) is 0 Å². The molecule has 102 valence electrons. The highest BCUT2D eigenvalue weighted by molar-refractivity contribution is 5.85. The first-order valence-corrected chi connectivity index (χ1v) is 5.80. The third-order valence-electron chi connectivity index (χ3n) is 1.66. The molecule has 0 aliphatic heterocycles. The molecule has 0 spiro atoms. The average Bonchev–Trinajstić information content (AvgIpc) is 2.28. The maximum absolute atomic E-state index is 11.6. The van der Waals surface area contributed by atoms with E-state index in [9.17, 15) is 4.79 Å². The van der Waals surface area contributed by atoms with Gasteiger partial charge in [-0.05, 0) is 39.8 Å². The van der Waals surface area contributed by atoms with Crippen molar-refractivity contribution in [3.05, 3.63) is 24.4 Å². The zero-order valence-corrected chi connectivity index (χ0v) is 11.7. The van der Waals surface area contributed by atoms with Gasteiger partial charge in [-0.3, -0.25) is 4.90 Å². The number of rotatable bonds is 1. The molecule has 0 fully saturated rings. The van der Waals surface area contributed by atoms with E-state index in [1.54, 1.807) is 32.3 Å². The van der Waals surface area contributed by atoms with Gasteiger partial charge >= 0.3 is 6.09 Å². The van der Waals surface area contributed by atoms with Gasteiger partial charge in [-0.1, -0.05) is 6.07 Å². The smallest absolute Gasteiger partial charge is 0.415 e. The summed E-state index contributed by atoms with van der Waals surface area (Å²) < 4.78 is 5.20. The number of hydrogen-bond acceptors (Lipinski definition) is 4. The predicted octanol–water partition coefficient (Wildman–Crippen LogP) is 2.45. The van der Waals surface area contributed by atoms with Crippen LogP contribution in [0.25, 0.3) is 0 Å². The molecule has 0 saturated heterocycles. The van der Waals surface area contributed by atoms with Gasteiger partial charge in [0.2, 0.25) is 0 Å². The fraction of sp³-hybridized carbons (Fsp3) is 0.538. The topological polar surface area (TPSA) is 62.7 Å². The summed E-state index contributed by atoms with van der Waals surface area (Å²) >= 11 is 0. The van der Waals surface area contributed by atoms with Crippen molar-refractivity contribution in [2.45, 2.75) is 33.3 Å². The average molecular weight is 254 g/mol. The molecule has 0 atom stereocenters. The van der Waals surface area contributed by atoms with Gasteiger partial charge in [-0.25, -0.2) is 9.78 Å². The van der Waals surface area contributed by atoms with E-state index in [1.165, 1.54) is 4.90 Å². The Morgan fingerprint density at radius 2 is 2.00 bits per heavy atom. The number of pyridine rings is 1. The molecule has 0 saturated carbocycles. The number of aliphatic hydroxyl groups is 1. The molecule has 1 aromatic rings. The molecule has 0 bridgehead atoms. The Balaban J connectivity index is 0.000000873. The highest BCUT2D eigenvalue weighted by atomic mass is 16.6. The summed E-state index contributed by atoms with van der Waals surface area (Å²) in [6, 6.07) is 5.37. The molecule has 5 heteroatoms. The van der Waals surface area contributed by atoms with Crippen molar-refractivity contribution in [1.82, 2.24) is 4.98 Å². The Bertz CT molecular complexity index is 347. The SMILES string of the molecule is CCO.CN(C(=O)OC(C)(C)C)c1ccccn1. The highest BCUT2D eigenvalue weighted by Gasteiger charge is 2.20. The molecule has 1 N–H and O–H groups in total. The maximum Gasteiger partial charge on any atom is 0.415 e. The number of ether oxygens (including phenoxy) is 1. The van der Waals surface area contributed by atoms with Crippen LogP contribution in [0.1, 0.15) is 27.7 Å². The minimum absolute atomic E-state index is 0.250. The van der Waals surface area contributed by atoms with Crippen molar-refractivity contribution < 1.29 is 14.6 Å². The van der Waals surface area contributed by atoms with E-state index in [4.69, 9.17) is 9.84 Å². The molecule has 5 nitrogen and oxygen atoms in total. The van der Waals surface area contributed by atoms with E-state index < -0.39 is 11.7 Å². The number of hydrogen-bond donors (Lipinski definition) is 1. The molecular formula is C13H22N2O3. The highest BCUT2D eigenvalue weighted by Crippen LogP contribution is 2.13. The van der Waals surface area contributed by atoms with E-state index in [1.807, 2.05) is 26.8 Å². The summed E-state index contributed by atoms with van der Waals surface area (Å²) in [4.78, 5) is 17.1. The predicted molar refractivity (Wildman–Crippen MR) is 71.6 cm³/mol. The third kappa shape index (κ3) is 6.85. The number of anilines is 1. The lowest BCUT2D eigenvalue weighted by Crippen LogP contribution is -2.34. The molecule has 0 aromatic carbocycles. The van der Waals surface area contributed by atoms with E-state index in [-0.39, 0.29) is 6.61 Å². The van der Waals surface area contributed by atoms with Crippen LogP contribution in [0.2, 0.25) is 0 Å². The van der Waals surface area contributed by atoms with Gasteiger partial charge in [-0.2, -0.15) is 0 Å². The molecule has 0 unspecified atom stereocenters. The Kier molecular flexibility index (Phi) is 6.97. The van der Waals surface area contributed by atoms with E-state index >= 15 is 0 Å². The Morgan fingerprint density at radius 3 is 2.39 bits per heavy atom. The normalized spacial score (nSPS) is 10.1. The van der Waals surface area contributed by atoms with Crippen molar-refractivity contribution in [1.29, 1.82) is 0 Å². The van der Waals surface area contributed by atoms with Crippen molar-refractivity contribution in [2.75, 3.05) is 18.6 Å². The molecule has 1 rings (SSSR count). The van der Waals surface area contributed by atoms with Crippen LogP contribution in [0.5, 0.6) is 0 Å². The van der Waals surface area contributed by atoms with E-state index in [0.29, 0.717) is 5.82 Å². The van der Waals surface area contributed by atoms with Crippen LogP contribution in [0.4, 0.5) is 10.6 Å². The Hall–Kier alpha value is -1.62. The lowest BCUT2D eigenvalue weighted by atomic mass is 10.2. The summed E-state index contributed by atoms with van der Waals surface area (Å²) in [6.45, 7) is 7.42. The fourth-order valence-electron chi connectivity index (χ4n) is 0.976. The largest absolute Gasteiger partial charge is 0.443 e. The van der Waals surface area contributed by atoms with Crippen LogP contribution < -0.4 is 4.90 Å². The van der Waals surface area contributed by atoms with Crippen molar-refractivity contribution in [2.24, 2.45) is 0 Å². The van der Waals surface area contributed by atoms with Gasteiger partial charge in [0.1, 0.15) is 11.4 Å². The maximum atomic E-state index is 11.6. The molecular weight excluding hydrogens is 232 g/mol. The fourth-order valence-corrected chi connectivity index (χ4v) is 0.976. The number of carbonyl (C=O) groups excluding carboxylic acids is 1. The van der Waals surface area contributed by atoms with Crippen molar-refractivity contribution >= 4 is 11.9 Å². The summed E-state index contributed by atoms with van der Waals surface area (Å²) in [6.07, 6.45) is 1.23. The minimum Gasteiger partial charge on any atom is -0.443 e. The van der Waals surface area contributed by atoms with Gasteiger partial charge in [0.05, 0.1) is 0 Å².